The third kappa shape index (κ3) is 3.75. The lowest BCUT2D eigenvalue weighted by molar-refractivity contribution is 0.408. The van der Waals surface area contributed by atoms with Crippen molar-refractivity contribution in [3.8, 4) is 16.9 Å². The maximum Gasteiger partial charge on any atom is 0.155 e. The van der Waals surface area contributed by atoms with Gasteiger partial charge in [0.1, 0.15) is 28.7 Å². The first-order valence-electron chi connectivity index (χ1n) is 14.4. The van der Waals surface area contributed by atoms with E-state index in [1.807, 2.05) is 54.7 Å². The molecule has 0 radical (unpaired) electrons. The first-order chi connectivity index (χ1) is 21.3. The van der Waals surface area contributed by atoms with Gasteiger partial charge < -0.3 is 14.5 Å². The van der Waals surface area contributed by atoms with Crippen molar-refractivity contribution in [3.63, 3.8) is 0 Å². The molecule has 2 aliphatic rings. The van der Waals surface area contributed by atoms with Crippen LogP contribution in [-0.4, -0.2) is 4.98 Å². The Morgan fingerprint density at radius 3 is 2.40 bits per heavy atom. The second-order valence-electron chi connectivity index (χ2n) is 10.9. The average Bonchev–Trinajstić information content (AvgIpc) is 3.64. The number of ether oxygens (including phenoxy) is 1. The molecule has 2 aliphatic heterocycles. The van der Waals surface area contributed by atoms with Crippen molar-refractivity contribution in [2.75, 3.05) is 4.90 Å². The van der Waals surface area contributed by atoms with Gasteiger partial charge in [0.15, 0.2) is 11.3 Å². The topological polar surface area (TPSA) is 50.5 Å². The number of benzene rings is 5. The zero-order chi connectivity index (χ0) is 28.3. The van der Waals surface area contributed by atoms with Crippen molar-refractivity contribution < 1.29 is 9.15 Å². The Morgan fingerprint density at radius 1 is 0.674 bits per heavy atom. The lowest BCUT2D eigenvalue weighted by Gasteiger charge is -2.31. The number of nitrogens with zero attached hydrogens (tertiary/aromatic N) is 2. The van der Waals surface area contributed by atoms with Crippen molar-refractivity contribution in [1.82, 2.24) is 10.3 Å². The number of fused-ring (bicyclic) bond motifs is 7. The molecule has 5 aromatic carbocycles. The number of nitrogens with one attached hydrogen (secondary N) is 1. The van der Waals surface area contributed by atoms with Gasteiger partial charge >= 0.3 is 0 Å². The maximum atomic E-state index is 6.60. The number of allylic oxidation sites excluding steroid dienone is 1. The molecule has 7 aromatic rings. The van der Waals surface area contributed by atoms with Gasteiger partial charge in [0.05, 0.1) is 11.4 Å². The molecule has 1 N–H and O–H groups in total. The summed E-state index contributed by atoms with van der Waals surface area (Å²) in [5, 5.41) is 6.78. The molecule has 1 atom stereocenters. The van der Waals surface area contributed by atoms with Gasteiger partial charge in [-0.2, -0.15) is 0 Å². The summed E-state index contributed by atoms with van der Waals surface area (Å²) in [5.41, 5.74) is 7.75. The molecular formula is C38H25N3O2. The minimum absolute atomic E-state index is 0.0965. The second kappa shape index (κ2) is 9.36. The number of hydrogen-bond donors (Lipinski definition) is 1. The average molecular weight is 556 g/mol. The molecule has 5 heteroatoms. The summed E-state index contributed by atoms with van der Waals surface area (Å²) >= 11 is 0. The monoisotopic (exact) mass is 555 g/mol. The Kier molecular flexibility index (Phi) is 5.19. The fraction of sp³-hybridized carbons (Fsp3) is 0.0263. The van der Waals surface area contributed by atoms with Gasteiger partial charge in [-0.25, -0.2) is 4.98 Å². The predicted octanol–water partition coefficient (Wildman–Crippen LogP) is 9.40. The molecule has 1 unspecified atom stereocenters. The molecule has 0 saturated heterocycles. The van der Waals surface area contributed by atoms with Gasteiger partial charge in [0.25, 0.3) is 0 Å². The van der Waals surface area contributed by atoms with Gasteiger partial charge in [-0.15, -0.1) is 0 Å². The van der Waals surface area contributed by atoms with Crippen molar-refractivity contribution in [2.45, 2.75) is 6.04 Å². The quantitative estimate of drug-likeness (QED) is 0.234. The van der Waals surface area contributed by atoms with Crippen LogP contribution in [0.1, 0.15) is 11.6 Å². The van der Waals surface area contributed by atoms with Crippen LogP contribution in [0.2, 0.25) is 0 Å². The highest BCUT2D eigenvalue weighted by Crippen LogP contribution is 2.46. The molecule has 0 bridgehead atoms. The fourth-order valence-electron chi connectivity index (χ4n) is 6.34. The summed E-state index contributed by atoms with van der Waals surface area (Å²) in [4.78, 5) is 7.51. The number of rotatable bonds is 4. The van der Waals surface area contributed by atoms with Crippen molar-refractivity contribution in [1.29, 1.82) is 0 Å². The van der Waals surface area contributed by atoms with E-state index in [-0.39, 0.29) is 6.04 Å². The summed E-state index contributed by atoms with van der Waals surface area (Å²) < 4.78 is 12.8. The van der Waals surface area contributed by atoms with Crippen LogP contribution >= 0.6 is 0 Å². The third-order valence-corrected chi connectivity index (χ3v) is 8.33. The SMILES string of the molecule is C1=CC(N(c2ccc3oc4ccccc4c3n2)c2cc(-c3ccccc3)cc3ccccc23)=C2Oc3ccccc3C2N1. The van der Waals surface area contributed by atoms with Crippen LogP contribution in [-0.2, 0) is 0 Å². The lowest BCUT2D eigenvalue weighted by Crippen LogP contribution is -2.27. The van der Waals surface area contributed by atoms with Crippen LogP contribution < -0.4 is 15.0 Å². The van der Waals surface area contributed by atoms with Gasteiger partial charge in [0, 0.05) is 16.3 Å². The van der Waals surface area contributed by atoms with Crippen LogP contribution in [0.4, 0.5) is 11.5 Å². The Balaban J connectivity index is 1.35. The maximum absolute atomic E-state index is 6.60. The molecule has 0 aliphatic carbocycles. The summed E-state index contributed by atoms with van der Waals surface area (Å²) in [6, 6.07) is 43.8. The molecule has 0 amide bonds. The first kappa shape index (κ1) is 23.9. The second-order valence-corrected chi connectivity index (χ2v) is 10.9. The minimum Gasteiger partial charge on any atom is -0.457 e. The normalized spacial score (nSPS) is 15.4. The standard InChI is InChI=1S/C38H25N3O2/c1-2-10-24(11-3-1)26-22-25-12-4-5-13-27(25)31(23-26)41(30-20-21-39-37-29-15-7-9-17-33(29)43-38(30)37)35-19-18-34-36(40-35)28-14-6-8-16-32(28)42-34/h1-23,37,39H. The number of anilines is 2. The number of dihydropyridines is 1. The number of hydrogen-bond acceptors (Lipinski definition) is 5. The van der Waals surface area contributed by atoms with Gasteiger partial charge in [-0.1, -0.05) is 84.9 Å². The highest BCUT2D eigenvalue weighted by molar-refractivity contribution is 6.04. The van der Waals surface area contributed by atoms with Crippen molar-refractivity contribution >= 4 is 44.3 Å². The summed E-state index contributed by atoms with van der Waals surface area (Å²) in [5.74, 6) is 2.49. The zero-order valence-electron chi connectivity index (χ0n) is 23.1. The summed E-state index contributed by atoms with van der Waals surface area (Å²) in [7, 11) is 0. The first-order valence-corrected chi connectivity index (χ1v) is 14.4. The van der Waals surface area contributed by atoms with Crippen molar-refractivity contribution in [3.05, 3.63) is 157 Å². The number of pyridine rings is 1. The largest absolute Gasteiger partial charge is 0.457 e. The molecule has 0 fully saturated rings. The number of aromatic nitrogens is 1. The van der Waals surface area contributed by atoms with E-state index in [4.69, 9.17) is 14.1 Å². The van der Waals surface area contributed by atoms with Gasteiger partial charge in [0.2, 0.25) is 0 Å². The van der Waals surface area contributed by atoms with Gasteiger partial charge in [-0.3, -0.25) is 4.90 Å². The van der Waals surface area contributed by atoms with E-state index in [1.165, 1.54) is 0 Å². The summed E-state index contributed by atoms with van der Waals surface area (Å²) in [6.45, 7) is 0. The van der Waals surface area contributed by atoms with Crippen LogP contribution in [0.3, 0.4) is 0 Å². The fourth-order valence-corrected chi connectivity index (χ4v) is 6.34. The van der Waals surface area contributed by atoms with Crippen molar-refractivity contribution in [2.24, 2.45) is 0 Å². The highest BCUT2D eigenvalue weighted by Gasteiger charge is 2.36. The van der Waals surface area contributed by atoms with Crippen LogP contribution in [0.5, 0.6) is 5.75 Å². The number of para-hydroxylation sites is 2. The molecular weight excluding hydrogens is 530 g/mol. The Hall–Kier alpha value is -5.81. The van der Waals surface area contributed by atoms with Crippen LogP contribution in [0.15, 0.2) is 156 Å². The molecule has 2 aromatic heterocycles. The minimum atomic E-state index is -0.0965. The molecule has 204 valence electrons. The van der Waals surface area contributed by atoms with E-state index in [0.29, 0.717) is 0 Å². The molecule has 4 heterocycles. The molecule has 9 rings (SSSR count). The van der Waals surface area contributed by atoms with E-state index >= 15 is 0 Å². The Bertz CT molecular complexity index is 2260. The third-order valence-electron chi connectivity index (χ3n) is 8.33. The van der Waals surface area contributed by atoms with E-state index in [1.54, 1.807) is 0 Å². The Labute approximate surface area is 248 Å². The summed E-state index contributed by atoms with van der Waals surface area (Å²) in [6.07, 6.45) is 4.10. The van der Waals surface area contributed by atoms with Crippen LogP contribution in [0, 0.1) is 0 Å². The highest BCUT2D eigenvalue weighted by atomic mass is 16.5. The zero-order valence-corrected chi connectivity index (χ0v) is 23.1. The molecule has 0 spiro atoms. The molecule has 43 heavy (non-hydrogen) atoms. The van der Waals surface area contributed by atoms with E-state index < -0.39 is 0 Å². The van der Waals surface area contributed by atoms with E-state index in [0.717, 1.165) is 78.2 Å². The van der Waals surface area contributed by atoms with E-state index in [2.05, 4.69) is 95.2 Å². The number of furan rings is 1. The molecule has 5 nitrogen and oxygen atoms in total. The smallest absolute Gasteiger partial charge is 0.155 e. The predicted molar refractivity (Wildman–Crippen MR) is 172 cm³/mol. The molecule has 0 saturated carbocycles. The van der Waals surface area contributed by atoms with Crippen LogP contribution in [0.25, 0.3) is 44.0 Å². The van der Waals surface area contributed by atoms with Gasteiger partial charge in [-0.05, 0) is 71.3 Å². The lowest BCUT2D eigenvalue weighted by atomic mass is 9.98. The van der Waals surface area contributed by atoms with E-state index in [9.17, 15) is 0 Å². The Morgan fingerprint density at radius 2 is 1.47 bits per heavy atom.